The van der Waals surface area contributed by atoms with E-state index >= 15 is 0 Å². The first kappa shape index (κ1) is 16.0. The molecular weight excluding hydrogens is 244 g/mol. The van der Waals surface area contributed by atoms with Crippen LogP contribution in [0.5, 0.6) is 5.75 Å². The molecule has 0 radical (unpaired) electrons. The quantitative estimate of drug-likeness (QED) is 0.736. The molecule has 0 aliphatic rings. The number of methoxy groups -OCH3 is 2. The molecule has 0 spiro atoms. The molecule has 0 bridgehead atoms. The Bertz CT molecular complexity index is 376. The first-order valence-corrected chi connectivity index (χ1v) is 6.44. The molecule has 0 aliphatic heterocycles. The summed E-state index contributed by atoms with van der Waals surface area (Å²) in [5.74, 6) is 0.677. The predicted molar refractivity (Wildman–Crippen MR) is 74.5 cm³/mol. The Hall–Kier alpha value is -1.10. The van der Waals surface area contributed by atoms with E-state index in [9.17, 15) is 5.11 Å². The normalized spacial score (nSPS) is 13.3. The van der Waals surface area contributed by atoms with E-state index in [2.05, 4.69) is 0 Å². The Balaban J connectivity index is 2.41. The van der Waals surface area contributed by atoms with Crippen molar-refractivity contribution in [2.24, 2.45) is 0 Å². The summed E-state index contributed by atoms with van der Waals surface area (Å²) in [5.41, 5.74) is 0.547. The lowest BCUT2D eigenvalue weighted by Crippen LogP contribution is -2.25. The van der Waals surface area contributed by atoms with Crippen molar-refractivity contribution in [1.29, 1.82) is 0 Å². The second kappa shape index (κ2) is 7.48. The molecular formula is C15H24O4. The number of benzene rings is 1. The Morgan fingerprint density at radius 3 is 2.53 bits per heavy atom. The summed E-state index contributed by atoms with van der Waals surface area (Å²) in [6.07, 6.45) is 0.101. The first-order chi connectivity index (χ1) is 9.00. The Morgan fingerprint density at radius 2 is 1.89 bits per heavy atom. The van der Waals surface area contributed by atoms with Crippen molar-refractivity contribution in [3.8, 4) is 5.75 Å². The van der Waals surface area contributed by atoms with Crippen molar-refractivity contribution < 1.29 is 19.3 Å². The van der Waals surface area contributed by atoms with E-state index in [1.807, 2.05) is 38.1 Å². The van der Waals surface area contributed by atoms with Gasteiger partial charge >= 0.3 is 0 Å². The van der Waals surface area contributed by atoms with Gasteiger partial charge in [0.05, 0.1) is 19.3 Å². The fourth-order valence-electron chi connectivity index (χ4n) is 1.65. The zero-order valence-corrected chi connectivity index (χ0v) is 12.2. The molecule has 1 aromatic rings. The maximum absolute atomic E-state index is 10.1. The second-order valence-corrected chi connectivity index (χ2v) is 5.05. The van der Waals surface area contributed by atoms with Gasteiger partial charge < -0.3 is 19.3 Å². The Labute approximate surface area is 115 Å². The SMILES string of the molecule is COc1ccccc1C(O)COCCC(C)(C)OC. The average molecular weight is 268 g/mol. The van der Waals surface area contributed by atoms with Gasteiger partial charge in [-0.05, 0) is 26.3 Å². The maximum Gasteiger partial charge on any atom is 0.124 e. The molecule has 0 saturated heterocycles. The van der Waals surface area contributed by atoms with Gasteiger partial charge in [-0.15, -0.1) is 0 Å². The molecule has 4 heteroatoms. The molecule has 1 aromatic carbocycles. The summed E-state index contributed by atoms with van der Waals surface area (Å²) in [7, 11) is 3.27. The minimum atomic E-state index is -0.679. The van der Waals surface area contributed by atoms with Gasteiger partial charge in [-0.25, -0.2) is 0 Å². The number of hydrogen-bond acceptors (Lipinski definition) is 4. The minimum Gasteiger partial charge on any atom is -0.496 e. The molecule has 0 amide bonds. The second-order valence-electron chi connectivity index (χ2n) is 5.05. The topological polar surface area (TPSA) is 47.9 Å². The van der Waals surface area contributed by atoms with Crippen molar-refractivity contribution in [2.45, 2.75) is 32.0 Å². The van der Waals surface area contributed by atoms with E-state index in [0.29, 0.717) is 12.4 Å². The summed E-state index contributed by atoms with van der Waals surface area (Å²) in [4.78, 5) is 0. The predicted octanol–water partition coefficient (Wildman–Crippen LogP) is 2.56. The zero-order chi connectivity index (χ0) is 14.3. The molecule has 1 rings (SSSR count). The molecule has 0 saturated carbocycles. The van der Waals surface area contributed by atoms with Crippen molar-refractivity contribution >= 4 is 0 Å². The molecule has 0 heterocycles. The van der Waals surface area contributed by atoms with E-state index in [4.69, 9.17) is 14.2 Å². The van der Waals surface area contributed by atoms with Crippen LogP contribution in [0.1, 0.15) is 31.9 Å². The average Bonchev–Trinajstić information content (AvgIpc) is 2.43. The van der Waals surface area contributed by atoms with E-state index in [1.54, 1.807) is 14.2 Å². The van der Waals surface area contributed by atoms with Crippen LogP contribution in [0.4, 0.5) is 0 Å². The molecule has 0 fully saturated rings. The van der Waals surface area contributed by atoms with Crippen LogP contribution in [-0.4, -0.2) is 38.1 Å². The monoisotopic (exact) mass is 268 g/mol. The molecule has 4 nitrogen and oxygen atoms in total. The van der Waals surface area contributed by atoms with Gasteiger partial charge in [0.2, 0.25) is 0 Å². The van der Waals surface area contributed by atoms with E-state index in [0.717, 1.165) is 12.0 Å². The Morgan fingerprint density at radius 1 is 1.21 bits per heavy atom. The van der Waals surface area contributed by atoms with E-state index in [-0.39, 0.29) is 12.2 Å². The van der Waals surface area contributed by atoms with Gasteiger partial charge in [0.1, 0.15) is 11.9 Å². The highest BCUT2D eigenvalue weighted by atomic mass is 16.5. The number of rotatable bonds is 8. The van der Waals surface area contributed by atoms with Crippen molar-refractivity contribution in [1.82, 2.24) is 0 Å². The first-order valence-electron chi connectivity index (χ1n) is 6.44. The van der Waals surface area contributed by atoms with Crippen LogP contribution in [0.2, 0.25) is 0 Å². The van der Waals surface area contributed by atoms with Crippen LogP contribution < -0.4 is 4.74 Å². The third kappa shape index (κ3) is 5.19. The molecule has 1 atom stereocenters. The standard InChI is InChI=1S/C15H24O4/c1-15(2,18-4)9-10-19-11-13(16)12-7-5-6-8-14(12)17-3/h5-8,13,16H,9-11H2,1-4H3. The lowest BCUT2D eigenvalue weighted by atomic mass is 10.1. The van der Waals surface area contributed by atoms with Crippen LogP contribution in [-0.2, 0) is 9.47 Å². The van der Waals surface area contributed by atoms with Gasteiger partial charge in [0.15, 0.2) is 0 Å². The van der Waals surface area contributed by atoms with Crippen molar-refractivity contribution in [2.75, 3.05) is 27.4 Å². The smallest absolute Gasteiger partial charge is 0.124 e. The van der Waals surface area contributed by atoms with Crippen LogP contribution in [0, 0.1) is 0 Å². The fraction of sp³-hybridized carbons (Fsp3) is 0.600. The summed E-state index contributed by atoms with van der Waals surface area (Å²) in [5, 5.41) is 10.1. The lowest BCUT2D eigenvalue weighted by Gasteiger charge is -2.23. The number of aliphatic hydroxyl groups is 1. The number of hydrogen-bond donors (Lipinski definition) is 1. The van der Waals surface area contributed by atoms with Crippen LogP contribution in [0.25, 0.3) is 0 Å². The highest BCUT2D eigenvalue weighted by molar-refractivity contribution is 5.34. The molecule has 1 unspecified atom stereocenters. The molecule has 19 heavy (non-hydrogen) atoms. The molecule has 0 aliphatic carbocycles. The van der Waals surface area contributed by atoms with Crippen LogP contribution in [0.15, 0.2) is 24.3 Å². The van der Waals surface area contributed by atoms with E-state index < -0.39 is 6.10 Å². The highest BCUT2D eigenvalue weighted by Gasteiger charge is 2.17. The molecule has 108 valence electrons. The fourth-order valence-corrected chi connectivity index (χ4v) is 1.65. The van der Waals surface area contributed by atoms with Crippen molar-refractivity contribution in [3.05, 3.63) is 29.8 Å². The summed E-state index contributed by atoms with van der Waals surface area (Å²) in [6.45, 7) is 4.81. The molecule has 0 aromatic heterocycles. The zero-order valence-electron chi connectivity index (χ0n) is 12.2. The van der Waals surface area contributed by atoms with Gasteiger partial charge in [0, 0.05) is 19.3 Å². The maximum atomic E-state index is 10.1. The summed E-state index contributed by atoms with van der Waals surface area (Å²) in [6, 6.07) is 7.41. The van der Waals surface area contributed by atoms with Gasteiger partial charge in [-0.2, -0.15) is 0 Å². The van der Waals surface area contributed by atoms with Gasteiger partial charge in [-0.3, -0.25) is 0 Å². The number of para-hydroxylation sites is 1. The van der Waals surface area contributed by atoms with Crippen LogP contribution >= 0.6 is 0 Å². The Kier molecular flexibility index (Phi) is 6.28. The van der Waals surface area contributed by atoms with E-state index in [1.165, 1.54) is 0 Å². The third-order valence-corrected chi connectivity index (χ3v) is 3.17. The van der Waals surface area contributed by atoms with Crippen LogP contribution in [0.3, 0.4) is 0 Å². The number of ether oxygens (including phenoxy) is 3. The van der Waals surface area contributed by atoms with Gasteiger partial charge in [0.25, 0.3) is 0 Å². The van der Waals surface area contributed by atoms with Crippen molar-refractivity contribution in [3.63, 3.8) is 0 Å². The highest BCUT2D eigenvalue weighted by Crippen LogP contribution is 2.24. The summed E-state index contributed by atoms with van der Waals surface area (Å²) < 4.78 is 16.0. The lowest BCUT2D eigenvalue weighted by molar-refractivity contribution is -0.0251. The molecule has 1 N–H and O–H groups in total. The third-order valence-electron chi connectivity index (χ3n) is 3.17. The largest absolute Gasteiger partial charge is 0.496 e. The minimum absolute atomic E-state index is 0.199. The van der Waals surface area contributed by atoms with Gasteiger partial charge in [-0.1, -0.05) is 18.2 Å². The summed E-state index contributed by atoms with van der Waals surface area (Å²) >= 11 is 0. The number of aliphatic hydroxyl groups excluding tert-OH is 1.